The van der Waals surface area contributed by atoms with Crippen LogP contribution in [-0.2, 0) is 0 Å². The number of nitrogens with zero attached hydrogens (tertiary/aromatic N) is 2. The Bertz CT molecular complexity index is 869. The topological polar surface area (TPSA) is 82.3 Å². The first-order valence-corrected chi connectivity index (χ1v) is 6.84. The maximum atomic E-state index is 12.0. The number of furan rings is 1. The van der Waals surface area contributed by atoms with Gasteiger partial charge in [0.15, 0.2) is 5.76 Å². The van der Waals surface area contributed by atoms with Crippen LogP contribution in [0, 0.1) is 15.3 Å². The summed E-state index contributed by atoms with van der Waals surface area (Å²) in [6.07, 6.45) is 1.32. The van der Waals surface area contributed by atoms with Crippen molar-refractivity contribution in [3.63, 3.8) is 0 Å². The number of nitro benzene ring substituents is 1. The van der Waals surface area contributed by atoms with Crippen molar-refractivity contribution < 1.29 is 14.1 Å². The van der Waals surface area contributed by atoms with Crippen LogP contribution in [0.2, 0.25) is 0 Å². The van der Waals surface area contributed by atoms with Crippen molar-refractivity contribution in [2.24, 2.45) is 0 Å². The fraction of sp³-hybridized carbons (Fsp3) is 0. The lowest BCUT2D eigenvalue weighted by atomic mass is 10.1. The highest BCUT2D eigenvalue weighted by molar-refractivity contribution is 5.75. The molecule has 0 saturated heterocycles. The Morgan fingerprint density at radius 3 is 2.35 bits per heavy atom. The van der Waals surface area contributed by atoms with E-state index in [2.05, 4.69) is 0 Å². The Kier molecular flexibility index (Phi) is 3.88. The van der Waals surface area contributed by atoms with Crippen LogP contribution in [0.15, 0.2) is 71.1 Å². The lowest BCUT2D eigenvalue weighted by molar-refractivity contribution is -0.384. The summed E-state index contributed by atoms with van der Waals surface area (Å²) in [5.41, 5.74) is 1.05. The number of rotatable bonds is 4. The van der Waals surface area contributed by atoms with Crippen molar-refractivity contribution in [1.29, 1.82) is 0 Å². The van der Waals surface area contributed by atoms with E-state index in [1.807, 2.05) is 6.07 Å². The van der Waals surface area contributed by atoms with Crippen molar-refractivity contribution in [2.45, 2.75) is 0 Å². The van der Waals surface area contributed by atoms with Gasteiger partial charge in [-0.1, -0.05) is 30.3 Å². The monoisotopic (exact) mass is 308 g/mol. The van der Waals surface area contributed by atoms with Crippen LogP contribution in [-0.4, -0.2) is 15.9 Å². The van der Waals surface area contributed by atoms with Crippen LogP contribution in [0.4, 0.5) is 11.4 Å². The fourth-order valence-corrected chi connectivity index (χ4v) is 2.12. The average Bonchev–Trinajstić information content (AvgIpc) is 3.04. The van der Waals surface area contributed by atoms with E-state index in [1.54, 1.807) is 48.5 Å². The second kappa shape index (κ2) is 6.15. The molecule has 0 spiro atoms. The predicted octanol–water partition coefficient (Wildman–Crippen LogP) is 4.12. The van der Waals surface area contributed by atoms with Gasteiger partial charge in [0.2, 0.25) is 11.9 Å². The highest BCUT2D eigenvalue weighted by Crippen LogP contribution is 2.25. The van der Waals surface area contributed by atoms with Crippen LogP contribution in [0.3, 0.4) is 0 Å². The first-order valence-electron chi connectivity index (χ1n) is 6.84. The zero-order valence-electron chi connectivity index (χ0n) is 12.0. The van der Waals surface area contributed by atoms with Gasteiger partial charge in [0.25, 0.3) is 5.69 Å². The van der Waals surface area contributed by atoms with Crippen molar-refractivity contribution in [3.8, 4) is 11.3 Å². The van der Waals surface area contributed by atoms with Gasteiger partial charge in [-0.3, -0.25) is 10.1 Å². The molecule has 6 nitrogen and oxygen atoms in total. The van der Waals surface area contributed by atoms with Crippen molar-refractivity contribution in [2.75, 3.05) is 0 Å². The zero-order chi connectivity index (χ0) is 16.2. The summed E-state index contributed by atoms with van der Waals surface area (Å²) in [6.45, 7) is 0. The van der Waals surface area contributed by atoms with Gasteiger partial charge in [0, 0.05) is 29.8 Å². The van der Waals surface area contributed by atoms with Gasteiger partial charge in [0.1, 0.15) is 5.76 Å². The molecule has 0 atom stereocenters. The Balaban J connectivity index is 1.89. The van der Waals surface area contributed by atoms with Gasteiger partial charge < -0.3 is 9.62 Å². The second-order valence-electron chi connectivity index (χ2n) is 4.80. The Morgan fingerprint density at radius 2 is 1.61 bits per heavy atom. The summed E-state index contributed by atoms with van der Waals surface area (Å²) in [7, 11) is 0. The molecule has 23 heavy (non-hydrogen) atoms. The third kappa shape index (κ3) is 3.26. The number of hydrogen-bond donors (Lipinski definition) is 0. The first kappa shape index (κ1) is 14.5. The lowest BCUT2D eigenvalue weighted by Gasteiger charge is -2.01. The first-order chi connectivity index (χ1) is 11.1. The Hall–Kier alpha value is -3.41. The Labute approximate surface area is 131 Å². The molecule has 0 amide bonds. The molecule has 3 aromatic rings. The molecule has 2 aromatic carbocycles. The molecule has 0 fully saturated rings. The van der Waals surface area contributed by atoms with E-state index in [0.717, 1.165) is 0 Å². The van der Waals surface area contributed by atoms with Gasteiger partial charge in [-0.2, -0.15) is 4.74 Å². The molecule has 0 unspecified atom stereocenters. The molecular formula is C17H12N2O4. The molecule has 0 bridgehead atoms. The van der Waals surface area contributed by atoms with Gasteiger partial charge in [0.05, 0.1) is 4.92 Å². The minimum atomic E-state index is -0.464. The van der Waals surface area contributed by atoms with Gasteiger partial charge >= 0.3 is 0 Å². The molecule has 6 heteroatoms. The summed E-state index contributed by atoms with van der Waals surface area (Å²) in [5, 5.41) is 22.8. The summed E-state index contributed by atoms with van der Waals surface area (Å²) in [5.74, 6) is 0.826. The summed E-state index contributed by atoms with van der Waals surface area (Å²) in [4.78, 5) is 10.3. The summed E-state index contributed by atoms with van der Waals surface area (Å²) < 4.78 is 6.28. The SMILES string of the molecule is O=[N+]([O-])c1cccc(-c2ccc(C=[N+]([O-])c3ccccc3)o2)c1. The van der Waals surface area contributed by atoms with E-state index < -0.39 is 4.92 Å². The van der Waals surface area contributed by atoms with E-state index in [9.17, 15) is 15.3 Å². The maximum Gasteiger partial charge on any atom is 0.270 e. The minimum Gasteiger partial charge on any atom is -0.618 e. The molecule has 0 aliphatic heterocycles. The number of nitro groups is 1. The summed E-state index contributed by atoms with van der Waals surface area (Å²) >= 11 is 0. The quantitative estimate of drug-likeness (QED) is 0.239. The molecule has 0 saturated carbocycles. The van der Waals surface area contributed by atoms with Crippen LogP contribution in [0.1, 0.15) is 5.76 Å². The van der Waals surface area contributed by atoms with E-state index >= 15 is 0 Å². The van der Waals surface area contributed by atoms with Crippen LogP contribution >= 0.6 is 0 Å². The van der Waals surface area contributed by atoms with E-state index in [0.29, 0.717) is 27.5 Å². The smallest absolute Gasteiger partial charge is 0.270 e. The highest BCUT2D eigenvalue weighted by atomic mass is 16.6. The molecule has 3 rings (SSSR count). The number of benzene rings is 2. The van der Waals surface area contributed by atoms with Gasteiger partial charge in [-0.15, -0.1) is 0 Å². The number of para-hydroxylation sites is 1. The van der Waals surface area contributed by atoms with E-state index in [1.165, 1.54) is 18.3 Å². The van der Waals surface area contributed by atoms with Crippen molar-refractivity contribution in [1.82, 2.24) is 0 Å². The molecule has 0 radical (unpaired) electrons. The normalized spacial score (nSPS) is 11.4. The molecule has 114 valence electrons. The summed E-state index contributed by atoms with van der Waals surface area (Å²) in [6, 6.07) is 18.2. The molecule has 1 heterocycles. The molecule has 0 aliphatic rings. The minimum absolute atomic E-state index is 0.0147. The number of hydrogen-bond acceptors (Lipinski definition) is 4. The molecule has 1 aromatic heterocycles. The van der Waals surface area contributed by atoms with E-state index in [4.69, 9.17) is 4.42 Å². The second-order valence-corrected chi connectivity index (χ2v) is 4.80. The Morgan fingerprint density at radius 1 is 0.870 bits per heavy atom. The van der Waals surface area contributed by atoms with Gasteiger partial charge in [-0.25, -0.2) is 0 Å². The highest BCUT2D eigenvalue weighted by Gasteiger charge is 2.11. The van der Waals surface area contributed by atoms with Crippen molar-refractivity contribution in [3.05, 3.63) is 87.8 Å². The predicted molar refractivity (Wildman–Crippen MR) is 85.7 cm³/mol. The van der Waals surface area contributed by atoms with Crippen LogP contribution < -0.4 is 0 Å². The lowest BCUT2D eigenvalue weighted by Crippen LogP contribution is -1.97. The molecule has 0 N–H and O–H groups in total. The third-order valence-electron chi connectivity index (χ3n) is 3.22. The maximum absolute atomic E-state index is 12.0. The average molecular weight is 308 g/mol. The van der Waals surface area contributed by atoms with E-state index in [-0.39, 0.29) is 5.69 Å². The van der Waals surface area contributed by atoms with Crippen molar-refractivity contribution >= 4 is 17.6 Å². The molecular weight excluding hydrogens is 296 g/mol. The van der Waals surface area contributed by atoms with Gasteiger partial charge in [-0.05, 0) is 12.1 Å². The fourth-order valence-electron chi connectivity index (χ4n) is 2.12. The number of non-ortho nitro benzene ring substituents is 1. The van der Waals surface area contributed by atoms with Crippen LogP contribution in [0.25, 0.3) is 11.3 Å². The third-order valence-corrected chi connectivity index (χ3v) is 3.22. The van der Waals surface area contributed by atoms with Crippen LogP contribution in [0.5, 0.6) is 0 Å². The standard InChI is InChI=1S/C17H12N2O4/c20-18(14-6-2-1-3-7-14)12-16-9-10-17(23-16)13-5-4-8-15(11-13)19(21)22/h1-12H. The largest absolute Gasteiger partial charge is 0.618 e. The zero-order valence-corrected chi connectivity index (χ0v) is 12.0. The molecule has 0 aliphatic carbocycles.